The summed E-state index contributed by atoms with van der Waals surface area (Å²) in [5.41, 5.74) is -0.102. The van der Waals surface area contributed by atoms with Gasteiger partial charge >= 0.3 is 0 Å². The molecule has 1 aliphatic carbocycles. The molecule has 1 aromatic carbocycles. The highest BCUT2D eigenvalue weighted by Crippen LogP contribution is 2.48. The van der Waals surface area contributed by atoms with Crippen molar-refractivity contribution in [1.82, 2.24) is 4.90 Å². The van der Waals surface area contributed by atoms with Crippen LogP contribution < -0.4 is 5.32 Å². The van der Waals surface area contributed by atoms with E-state index in [0.717, 1.165) is 36.1 Å². The number of hydrogen-bond donors (Lipinski definition) is 1. The van der Waals surface area contributed by atoms with Gasteiger partial charge in [0.05, 0.1) is 5.69 Å². The van der Waals surface area contributed by atoms with Crippen molar-refractivity contribution < 1.29 is 9.59 Å². The van der Waals surface area contributed by atoms with Gasteiger partial charge in [0.15, 0.2) is 0 Å². The third-order valence-electron chi connectivity index (χ3n) is 4.79. The van der Waals surface area contributed by atoms with Crippen molar-refractivity contribution in [1.29, 1.82) is 0 Å². The molecule has 1 saturated heterocycles. The van der Waals surface area contributed by atoms with E-state index in [-0.39, 0.29) is 11.8 Å². The first kappa shape index (κ1) is 15.5. The normalized spacial score (nSPS) is 20.5. The minimum Gasteiger partial charge on any atom is -0.342 e. The minimum absolute atomic E-state index is 0.0175. The summed E-state index contributed by atoms with van der Waals surface area (Å²) in [4.78, 5) is 27.3. The molecule has 1 aliphatic heterocycles. The second kappa shape index (κ2) is 6.03. The summed E-state index contributed by atoms with van der Waals surface area (Å²) in [7, 11) is 0. The number of para-hydroxylation sites is 1. The molecule has 0 radical (unpaired) electrons. The first-order chi connectivity index (χ1) is 10.5. The fourth-order valence-corrected chi connectivity index (χ4v) is 3.37. The van der Waals surface area contributed by atoms with Gasteiger partial charge in [-0.2, -0.15) is 0 Å². The standard InChI is InChI=1S/C17H21BrN2O2/c1-12-6-10-20(11-7-12)16(22)17(8-9-17)15(21)19-14-5-3-2-4-13(14)18/h2-5,12H,6-11H2,1H3,(H,19,21). The van der Waals surface area contributed by atoms with E-state index in [4.69, 9.17) is 0 Å². The van der Waals surface area contributed by atoms with E-state index in [1.165, 1.54) is 0 Å². The molecule has 1 N–H and O–H groups in total. The highest BCUT2D eigenvalue weighted by Gasteiger charge is 2.58. The molecular formula is C17H21BrN2O2. The van der Waals surface area contributed by atoms with Crippen molar-refractivity contribution in [2.45, 2.75) is 32.6 Å². The van der Waals surface area contributed by atoms with Gasteiger partial charge in [0, 0.05) is 17.6 Å². The maximum absolute atomic E-state index is 12.8. The number of nitrogens with one attached hydrogen (secondary N) is 1. The van der Waals surface area contributed by atoms with E-state index in [9.17, 15) is 9.59 Å². The number of benzene rings is 1. The molecule has 118 valence electrons. The molecule has 5 heteroatoms. The Hall–Kier alpha value is -1.36. The van der Waals surface area contributed by atoms with E-state index in [0.29, 0.717) is 18.8 Å². The number of likely N-dealkylation sites (tertiary alicyclic amines) is 1. The van der Waals surface area contributed by atoms with Crippen LogP contribution in [0.5, 0.6) is 0 Å². The van der Waals surface area contributed by atoms with Crippen LogP contribution in [0.4, 0.5) is 5.69 Å². The second-order valence-corrected chi connectivity index (χ2v) is 7.35. The van der Waals surface area contributed by atoms with Crippen molar-refractivity contribution in [2.24, 2.45) is 11.3 Å². The molecule has 2 amide bonds. The van der Waals surface area contributed by atoms with Crippen LogP contribution in [0.1, 0.15) is 32.6 Å². The zero-order valence-corrected chi connectivity index (χ0v) is 14.4. The van der Waals surface area contributed by atoms with Crippen molar-refractivity contribution in [2.75, 3.05) is 18.4 Å². The molecule has 0 aromatic heterocycles. The van der Waals surface area contributed by atoms with Crippen molar-refractivity contribution >= 4 is 33.4 Å². The van der Waals surface area contributed by atoms with Crippen molar-refractivity contribution in [3.8, 4) is 0 Å². The molecule has 2 fully saturated rings. The first-order valence-electron chi connectivity index (χ1n) is 7.88. The number of nitrogens with zero attached hydrogens (tertiary/aromatic N) is 1. The van der Waals surface area contributed by atoms with Crippen LogP contribution in [-0.2, 0) is 9.59 Å². The molecule has 1 heterocycles. The van der Waals surface area contributed by atoms with Crippen molar-refractivity contribution in [3.63, 3.8) is 0 Å². The quantitative estimate of drug-likeness (QED) is 0.835. The molecule has 4 nitrogen and oxygen atoms in total. The Morgan fingerprint density at radius 2 is 1.86 bits per heavy atom. The summed E-state index contributed by atoms with van der Waals surface area (Å²) in [6.07, 6.45) is 3.39. The Morgan fingerprint density at radius 3 is 2.45 bits per heavy atom. The predicted octanol–water partition coefficient (Wildman–Crippen LogP) is 3.43. The van der Waals surface area contributed by atoms with Gasteiger partial charge in [0.1, 0.15) is 5.41 Å². The Bertz CT molecular complexity index is 590. The Balaban J connectivity index is 1.69. The van der Waals surface area contributed by atoms with Crippen molar-refractivity contribution in [3.05, 3.63) is 28.7 Å². The number of halogens is 1. The van der Waals surface area contributed by atoms with E-state index in [1.54, 1.807) is 0 Å². The Labute approximate surface area is 139 Å². The maximum atomic E-state index is 12.8. The minimum atomic E-state index is -0.824. The second-order valence-electron chi connectivity index (χ2n) is 6.49. The molecule has 2 aliphatic rings. The summed E-state index contributed by atoms with van der Waals surface area (Å²) in [5.74, 6) is 0.528. The number of hydrogen-bond acceptors (Lipinski definition) is 2. The number of carbonyl (C=O) groups excluding carboxylic acids is 2. The van der Waals surface area contributed by atoms with Crippen LogP contribution in [0.3, 0.4) is 0 Å². The van der Waals surface area contributed by atoms with Crippen LogP contribution in [-0.4, -0.2) is 29.8 Å². The summed E-state index contributed by atoms with van der Waals surface area (Å²) in [5, 5.41) is 2.91. The van der Waals surface area contributed by atoms with Gasteiger partial charge in [-0.1, -0.05) is 19.1 Å². The molecule has 0 bridgehead atoms. The average Bonchev–Trinajstić information content (AvgIpc) is 3.31. The molecule has 1 saturated carbocycles. The monoisotopic (exact) mass is 364 g/mol. The van der Waals surface area contributed by atoms with Gasteiger partial charge in [-0.05, 0) is 59.7 Å². The molecular weight excluding hydrogens is 344 g/mol. The number of carbonyl (C=O) groups is 2. The third-order valence-corrected chi connectivity index (χ3v) is 5.48. The summed E-state index contributed by atoms with van der Waals surface area (Å²) in [6, 6.07) is 7.48. The Morgan fingerprint density at radius 1 is 1.23 bits per heavy atom. The topological polar surface area (TPSA) is 49.4 Å². The highest BCUT2D eigenvalue weighted by atomic mass is 79.9. The number of rotatable bonds is 3. The van der Waals surface area contributed by atoms with Gasteiger partial charge in [-0.25, -0.2) is 0 Å². The van der Waals surface area contributed by atoms with E-state index < -0.39 is 5.41 Å². The first-order valence-corrected chi connectivity index (χ1v) is 8.67. The van der Waals surface area contributed by atoms with Crippen LogP contribution in [0.15, 0.2) is 28.7 Å². The maximum Gasteiger partial charge on any atom is 0.240 e. The van der Waals surface area contributed by atoms with Gasteiger partial charge in [-0.15, -0.1) is 0 Å². The zero-order chi connectivity index (χ0) is 15.7. The Kier molecular flexibility index (Phi) is 4.26. The summed E-state index contributed by atoms with van der Waals surface area (Å²) >= 11 is 3.42. The number of amides is 2. The smallest absolute Gasteiger partial charge is 0.240 e. The molecule has 22 heavy (non-hydrogen) atoms. The third kappa shape index (κ3) is 2.91. The van der Waals surface area contributed by atoms with Crippen LogP contribution >= 0.6 is 15.9 Å². The summed E-state index contributed by atoms with van der Waals surface area (Å²) in [6.45, 7) is 3.78. The van der Waals surface area contributed by atoms with Gasteiger partial charge in [0.2, 0.25) is 11.8 Å². The van der Waals surface area contributed by atoms with Crippen LogP contribution in [0.25, 0.3) is 0 Å². The number of anilines is 1. The van der Waals surface area contributed by atoms with E-state index in [1.807, 2.05) is 29.2 Å². The molecule has 1 aromatic rings. The lowest BCUT2D eigenvalue weighted by Gasteiger charge is -2.32. The molecule has 0 spiro atoms. The molecule has 3 rings (SSSR count). The van der Waals surface area contributed by atoms with E-state index >= 15 is 0 Å². The van der Waals surface area contributed by atoms with Crippen LogP contribution in [0, 0.1) is 11.3 Å². The molecule has 0 unspecified atom stereocenters. The van der Waals surface area contributed by atoms with Gasteiger partial charge in [-0.3, -0.25) is 9.59 Å². The summed E-state index contributed by atoms with van der Waals surface area (Å²) < 4.78 is 0.832. The predicted molar refractivity (Wildman–Crippen MR) is 89.4 cm³/mol. The lowest BCUT2D eigenvalue weighted by molar-refractivity contribution is -0.143. The zero-order valence-electron chi connectivity index (χ0n) is 12.8. The molecule has 0 atom stereocenters. The van der Waals surface area contributed by atoms with E-state index in [2.05, 4.69) is 28.2 Å². The largest absolute Gasteiger partial charge is 0.342 e. The van der Waals surface area contributed by atoms with Gasteiger partial charge in [0.25, 0.3) is 0 Å². The lowest BCUT2D eigenvalue weighted by Crippen LogP contribution is -2.46. The average molecular weight is 365 g/mol. The number of piperidine rings is 1. The van der Waals surface area contributed by atoms with Crippen LogP contribution in [0.2, 0.25) is 0 Å². The SMILES string of the molecule is CC1CCN(C(=O)C2(C(=O)Nc3ccccc3Br)CC2)CC1. The van der Waals surface area contributed by atoms with Gasteiger partial charge < -0.3 is 10.2 Å². The fraction of sp³-hybridized carbons (Fsp3) is 0.529. The fourth-order valence-electron chi connectivity index (χ4n) is 2.98. The lowest BCUT2D eigenvalue weighted by atomic mass is 9.96. The highest BCUT2D eigenvalue weighted by molar-refractivity contribution is 9.10.